The number of thioether (sulfide) groups is 1. The van der Waals surface area contributed by atoms with Crippen LogP contribution < -0.4 is 5.32 Å². The topological polar surface area (TPSA) is 49.4 Å². The predicted octanol–water partition coefficient (Wildman–Crippen LogP) is 6.63. The second kappa shape index (κ2) is 14.9. The van der Waals surface area contributed by atoms with E-state index in [2.05, 4.69) is 33.4 Å². The first-order valence-corrected chi connectivity index (χ1v) is 14.4. The molecule has 0 aromatic heterocycles. The van der Waals surface area contributed by atoms with E-state index in [-0.39, 0.29) is 17.9 Å². The Balaban J connectivity index is 1.80. The maximum Gasteiger partial charge on any atom is 0.243 e. The van der Waals surface area contributed by atoms with Crippen LogP contribution in [0.3, 0.4) is 0 Å². The van der Waals surface area contributed by atoms with Crippen molar-refractivity contribution in [1.82, 2.24) is 10.2 Å². The highest BCUT2D eigenvalue weighted by molar-refractivity contribution is 9.10. The lowest BCUT2D eigenvalue weighted by Crippen LogP contribution is -2.52. The Morgan fingerprint density at radius 1 is 0.917 bits per heavy atom. The quantitative estimate of drug-likeness (QED) is 0.236. The summed E-state index contributed by atoms with van der Waals surface area (Å²) >= 11 is 5.28. The molecule has 4 nitrogen and oxygen atoms in total. The minimum Gasteiger partial charge on any atom is -0.352 e. The first-order valence-electron chi connectivity index (χ1n) is 12.5. The lowest BCUT2D eigenvalue weighted by atomic mass is 10.0. The number of carbonyl (C=O) groups excluding carboxylic acids is 2. The van der Waals surface area contributed by atoms with Crippen LogP contribution in [-0.4, -0.2) is 34.6 Å². The van der Waals surface area contributed by atoms with Crippen molar-refractivity contribution in [3.05, 3.63) is 106 Å². The van der Waals surface area contributed by atoms with Crippen LogP contribution in [0, 0.1) is 0 Å². The fourth-order valence-electron chi connectivity index (χ4n) is 3.89. The van der Waals surface area contributed by atoms with Crippen molar-refractivity contribution in [2.45, 2.75) is 57.5 Å². The van der Waals surface area contributed by atoms with Crippen LogP contribution in [0.1, 0.15) is 43.4 Å². The van der Waals surface area contributed by atoms with Gasteiger partial charge in [-0.25, -0.2) is 0 Å². The highest BCUT2D eigenvalue weighted by atomic mass is 79.9. The van der Waals surface area contributed by atoms with Crippen LogP contribution in [0.2, 0.25) is 0 Å². The molecule has 0 saturated carbocycles. The summed E-state index contributed by atoms with van der Waals surface area (Å²) in [5.41, 5.74) is 3.27. The highest BCUT2D eigenvalue weighted by Crippen LogP contribution is 2.20. The zero-order valence-electron chi connectivity index (χ0n) is 21.0. The Kier molecular flexibility index (Phi) is 11.6. The summed E-state index contributed by atoms with van der Waals surface area (Å²) in [4.78, 5) is 28.9. The monoisotopic (exact) mass is 566 g/mol. The lowest BCUT2D eigenvalue weighted by Gasteiger charge is -2.32. The summed E-state index contributed by atoms with van der Waals surface area (Å²) < 4.78 is 0.953. The Morgan fingerprint density at radius 3 is 2.19 bits per heavy atom. The van der Waals surface area contributed by atoms with Gasteiger partial charge in [0.25, 0.3) is 0 Å². The van der Waals surface area contributed by atoms with E-state index >= 15 is 0 Å². The van der Waals surface area contributed by atoms with Gasteiger partial charge in [-0.05, 0) is 42.2 Å². The molecule has 0 fully saturated rings. The summed E-state index contributed by atoms with van der Waals surface area (Å²) in [7, 11) is 0. The molecule has 3 rings (SSSR count). The smallest absolute Gasteiger partial charge is 0.243 e. The van der Waals surface area contributed by atoms with Crippen LogP contribution in [0.25, 0.3) is 0 Å². The largest absolute Gasteiger partial charge is 0.352 e. The van der Waals surface area contributed by atoms with E-state index in [0.717, 1.165) is 27.8 Å². The summed E-state index contributed by atoms with van der Waals surface area (Å²) in [6.45, 7) is 4.43. The van der Waals surface area contributed by atoms with Gasteiger partial charge in [0.2, 0.25) is 11.8 Å². The van der Waals surface area contributed by atoms with Crippen molar-refractivity contribution in [2.24, 2.45) is 0 Å². The van der Waals surface area contributed by atoms with Gasteiger partial charge in [-0.1, -0.05) is 95.7 Å². The van der Waals surface area contributed by atoms with Crippen molar-refractivity contribution in [3.63, 3.8) is 0 Å². The van der Waals surface area contributed by atoms with Gasteiger partial charge in [0.15, 0.2) is 0 Å². The Labute approximate surface area is 228 Å². The van der Waals surface area contributed by atoms with Crippen molar-refractivity contribution in [2.75, 3.05) is 5.75 Å². The van der Waals surface area contributed by atoms with E-state index in [1.54, 1.807) is 16.7 Å². The second-order valence-corrected chi connectivity index (χ2v) is 11.0. The molecule has 0 bridgehead atoms. The number of hydrogen-bond acceptors (Lipinski definition) is 3. The van der Waals surface area contributed by atoms with E-state index in [1.807, 2.05) is 86.6 Å². The minimum absolute atomic E-state index is 0.00392. The minimum atomic E-state index is -0.591. The molecule has 0 aliphatic rings. The number of carbonyl (C=O) groups is 2. The molecule has 3 aromatic carbocycles. The maximum atomic E-state index is 13.7. The number of nitrogens with one attached hydrogen (secondary N) is 1. The zero-order valence-corrected chi connectivity index (χ0v) is 23.4. The van der Waals surface area contributed by atoms with Crippen LogP contribution >= 0.6 is 27.7 Å². The fourth-order valence-corrected chi connectivity index (χ4v) is 5.23. The molecule has 2 atom stereocenters. The van der Waals surface area contributed by atoms with Crippen LogP contribution in [0.15, 0.2) is 89.4 Å². The van der Waals surface area contributed by atoms with Crippen LogP contribution in [-0.2, 0) is 28.3 Å². The molecule has 0 heterocycles. The zero-order chi connectivity index (χ0) is 25.8. The number of rotatable bonds is 13. The van der Waals surface area contributed by atoms with Crippen LogP contribution in [0.5, 0.6) is 0 Å². The van der Waals surface area contributed by atoms with E-state index < -0.39 is 6.04 Å². The fraction of sp³-hybridized carbons (Fsp3) is 0.333. The Morgan fingerprint density at radius 2 is 1.56 bits per heavy atom. The first kappa shape index (κ1) is 28.0. The molecule has 0 aliphatic carbocycles. The molecular weight excluding hydrogens is 532 g/mol. The second-order valence-electron chi connectivity index (χ2n) is 8.96. The molecule has 2 amide bonds. The molecule has 0 spiro atoms. The Hall–Kier alpha value is -2.57. The van der Waals surface area contributed by atoms with Crippen molar-refractivity contribution < 1.29 is 9.59 Å². The van der Waals surface area contributed by atoms with Crippen molar-refractivity contribution >= 4 is 39.5 Å². The van der Waals surface area contributed by atoms with E-state index in [4.69, 9.17) is 0 Å². The molecule has 190 valence electrons. The number of benzene rings is 3. The molecule has 36 heavy (non-hydrogen) atoms. The standard InChI is InChI=1S/C30H35BrN2O2S/c1-3-23(2)32-30(35)28(20-24-11-6-4-7-12-24)33(21-26-15-10-16-27(31)19-26)29(34)17-18-36-22-25-13-8-5-9-14-25/h4-16,19,23,28H,3,17-18,20-22H2,1-2H3,(H,32,35). The molecule has 2 unspecified atom stereocenters. The van der Waals surface area contributed by atoms with Gasteiger partial charge in [-0.15, -0.1) is 0 Å². The predicted molar refractivity (Wildman–Crippen MR) is 154 cm³/mol. The number of halogens is 1. The van der Waals surface area contributed by atoms with Gasteiger partial charge in [-0.3, -0.25) is 9.59 Å². The molecule has 0 saturated heterocycles. The third-order valence-electron chi connectivity index (χ3n) is 6.09. The average molecular weight is 568 g/mol. The molecule has 0 radical (unpaired) electrons. The first-order chi connectivity index (χ1) is 17.5. The van der Waals surface area contributed by atoms with E-state index in [1.165, 1.54) is 5.56 Å². The van der Waals surface area contributed by atoms with Gasteiger partial charge in [0.1, 0.15) is 6.04 Å². The number of amides is 2. The summed E-state index contributed by atoms with van der Waals surface area (Å²) in [6.07, 6.45) is 1.69. The number of nitrogens with zero attached hydrogens (tertiary/aromatic N) is 1. The highest BCUT2D eigenvalue weighted by Gasteiger charge is 2.30. The number of hydrogen-bond donors (Lipinski definition) is 1. The molecular formula is C30H35BrN2O2S. The van der Waals surface area contributed by atoms with Gasteiger partial charge in [0.05, 0.1) is 0 Å². The summed E-state index contributed by atoms with van der Waals surface area (Å²) in [5, 5.41) is 3.12. The Bertz CT molecular complexity index is 1090. The molecule has 0 aliphatic heterocycles. The molecule has 6 heteroatoms. The van der Waals surface area contributed by atoms with Gasteiger partial charge >= 0.3 is 0 Å². The van der Waals surface area contributed by atoms with E-state index in [9.17, 15) is 9.59 Å². The molecule has 3 aromatic rings. The van der Waals surface area contributed by atoms with Crippen LogP contribution in [0.4, 0.5) is 0 Å². The molecule has 1 N–H and O–H groups in total. The van der Waals surface area contributed by atoms with Gasteiger partial charge < -0.3 is 10.2 Å². The van der Waals surface area contributed by atoms with Crippen molar-refractivity contribution in [1.29, 1.82) is 0 Å². The normalized spacial score (nSPS) is 12.5. The van der Waals surface area contributed by atoms with E-state index in [0.29, 0.717) is 25.1 Å². The third-order valence-corrected chi connectivity index (χ3v) is 7.61. The third kappa shape index (κ3) is 9.14. The van der Waals surface area contributed by atoms with Gasteiger partial charge in [-0.2, -0.15) is 11.8 Å². The lowest BCUT2D eigenvalue weighted by molar-refractivity contribution is -0.141. The SMILES string of the molecule is CCC(C)NC(=O)C(Cc1ccccc1)N(Cc1cccc(Br)c1)C(=O)CCSCc1ccccc1. The summed E-state index contributed by atoms with van der Waals surface area (Å²) in [6, 6.07) is 27.6. The maximum absolute atomic E-state index is 13.7. The summed E-state index contributed by atoms with van der Waals surface area (Å²) in [5.74, 6) is 1.46. The average Bonchev–Trinajstić information content (AvgIpc) is 2.89. The van der Waals surface area contributed by atoms with Gasteiger partial charge in [0, 0.05) is 41.4 Å². The van der Waals surface area contributed by atoms with Crippen molar-refractivity contribution in [3.8, 4) is 0 Å².